The molecule has 13 heteroatoms. The van der Waals surface area contributed by atoms with Crippen molar-refractivity contribution in [3.05, 3.63) is 68.4 Å². The second kappa shape index (κ2) is 14.8. The molecule has 0 radical (unpaired) electrons. The number of carbonyl (C=O) groups is 2. The largest absolute Gasteiger partial charge is 1.00 e. The van der Waals surface area contributed by atoms with E-state index in [1.54, 1.807) is 23.5 Å². The van der Waals surface area contributed by atoms with Gasteiger partial charge in [0, 0.05) is 27.7 Å². The van der Waals surface area contributed by atoms with Crippen molar-refractivity contribution >= 4 is 51.0 Å². The van der Waals surface area contributed by atoms with Crippen molar-refractivity contribution in [2.45, 2.75) is 19.5 Å². The van der Waals surface area contributed by atoms with Gasteiger partial charge in [0.15, 0.2) is 5.82 Å². The van der Waals surface area contributed by atoms with E-state index in [2.05, 4.69) is 37.5 Å². The van der Waals surface area contributed by atoms with E-state index >= 15 is 0 Å². The maximum absolute atomic E-state index is 12.0. The molecule has 1 aliphatic heterocycles. The Morgan fingerprint density at radius 1 is 1.36 bits per heavy atom. The number of nitrogens with two attached hydrogens (primary N) is 1. The van der Waals surface area contributed by atoms with Gasteiger partial charge in [0.25, 0.3) is 5.91 Å². The predicted octanol–water partition coefficient (Wildman–Crippen LogP) is -0.206. The molecule has 1 atom stereocenters. The van der Waals surface area contributed by atoms with Gasteiger partial charge in [-0.25, -0.2) is 0 Å². The summed E-state index contributed by atoms with van der Waals surface area (Å²) >= 11 is 7.58. The fourth-order valence-electron chi connectivity index (χ4n) is 3.34. The van der Waals surface area contributed by atoms with Crippen LogP contribution >= 0.6 is 22.9 Å². The van der Waals surface area contributed by atoms with Gasteiger partial charge in [-0.3, -0.25) is 4.79 Å². The maximum atomic E-state index is 12.0. The number of nitrogens with one attached hydrogen (secondary N) is 3. The van der Waals surface area contributed by atoms with E-state index in [9.17, 15) is 9.59 Å². The van der Waals surface area contributed by atoms with Crippen LogP contribution in [0.5, 0.6) is 0 Å². The average molecular weight is 556 g/mol. The molecule has 10 nitrogen and oxygen atoms in total. The van der Waals surface area contributed by atoms with Gasteiger partial charge < -0.3 is 36.5 Å². The van der Waals surface area contributed by atoms with Crippen LogP contribution in [-0.2, 0) is 20.9 Å². The van der Waals surface area contributed by atoms with Gasteiger partial charge in [-0.05, 0) is 37.7 Å². The summed E-state index contributed by atoms with van der Waals surface area (Å²) in [5.41, 5.74) is 7.85. The number of nitrogen functional groups attached to an aromatic ring is 1. The van der Waals surface area contributed by atoms with Crippen molar-refractivity contribution < 1.29 is 65.7 Å². The predicted molar refractivity (Wildman–Crippen MR) is 138 cm³/mol. The number of hydrogen-bond acceptors (Lipinski definition) is 9. The molecule has 3 aromatic rings. The second-order valence-electron chi connectivity index (χ2n) is 7.50. The van der Waals surface area contributed by atoms with Crippen LogP contribution in [0.1, 0.15) is 22.2 Å². The van der Waals surface area contributed by atoms with Crippen molar-refractivity contribution in [3.63, 3.8) is 0 Å². The Bertz CT molecular complexity index is 1180. The number of nitrogens with zero attached hydrogens (tertiary/aromatic N) is 3. The molecular formula is C23H27ClKN7O3S. The van der Waals surface area contributed by atoms with Gasteiger partial charge in [0.05, 0.1) is 23.0 Å². The fourth-order valence-corrected chi connectivity index (χ4v) is 4.58. The zero-order valence-corrected chi connectivity index (χ0v) is 25.3. The Morgan fingerprint density at radius 2 is 2.08 bits per heavy atom. The molecule has 1 aromatic carbocycles. The minimum Gasteiger partial charge on any atom is -0.655 e. The van der Waals surface area contributed by atoms with Crippen LogP contribution < -0.4 is 73.1 Å². The van der Waals surface area contributed by atoms with E-state index in [4.69, 9.17) is 22.1 Å². The number of aromatic nitrogens is 2. The quantitative estimate of drug-likeness (QED) is 0.231. The normalized spacial score (nSPS) is 14.5. The molecule has 186 valence electrons. The molecule has 0 aliphatic carbocycles. The summed E-state index contributed by atoms with van der Waals surface area (Å²) in [6.07, 6.45) is 0.613. The average Bonchev–Trinajstić information content (AvgIpc) is 3.31. The van der Waals surface area contributed by atoms with Crippen LogP contribution in [0.3, 0.4) is 0 Å². The smallest absolute Gasteiger partial charge is 0.655 e. The Kier molecular flexibility index (Phi) is 12.5. The zero-order chi connectivity index (χ0) is 25.4. The third kappa shape index (κ3) is 7.86. The number of aryl methyl sites for hydroxylation is 1. The number of halogens is 1. The number of carbonyl (C=O) groups excluding carboxylic acids is 2. The van der Waals surface area contributed by atoms with Crippen LogP contribution in [-0.4, -0.2) is 49.6 Å². The number of rotatable bonds is 7. The van der Waals surface area contributed by atoms with Crippen LogP contribution in [0, 0.1) is 6.92 Å². The van der Waals surface area contributed by atoms with Crippen LogP contribution in [0.4, 0.5) is 5.82 Å². The van der Waals surface area contributed by atoms with Crippen molar-refractivity contribution in [2.75, 3.05) is 33.0 Å². The topological polar surface area (TPSA) is 145 Å². The van der Waals surface area contributed by atoms with Crippen LogP contribution in [0.25, 0.3) is 15.4 Å². The number of benzene rings is 1. The van der Waals surface area contributed by atoms with Gasteiger partial charge in [-0.2, -0.15) is 5.10 Å². The SMILES string of the molecule is CNCc1cc2c(N)nnc(C)c2s1.C[N-]C1=C(C(=O)NCC=O)N[C@H](c2ccc(Cl)cc2)CO1.[K+]. The molecule has 0 fully saturated rings. The third-order valence-electron chi connectivity index (χ3n) is 5.01. The number of fused-ring (bicyclic) bond motifs is 1. The molecule has 1 amide bonds. The number of amides is 1. The van der Waals surface area contributed by atoms with Gasteiger partial charge >= 0.3 is 51.4 Å². The molecule has 36 heavy (non-hydrogen) atoms. The summed E-state index contributed by atoms with van der Waals surface area (Å²) < 4.78 is 6.65. The van der Waals surface area contributed by atoms with E-state index < -0.39 is 5.91 Å². The fraction of sp³-hybridized carbons (Fsp3) is 0.304. The molecule has 4 rings (SSSR count). The van der Waals surface area contributed by atoms with Crippen LogP contribution in [0.2, 0.25) is 5.02 Å². The number of aldehydes is 1. The zero-order valence-electron chi connectivity index (χ0n) is 20.6. The Hall–Kier alpha value is -1.77. The van der Waals surface area contributed by atoms with Crippen molar-refractivity contribution in [2.24, 2.45) is 0 Å². The molecule has 3 heterocycles. The second-order valence-corrected chi connectivity index (χ2v) is 9.07. The Morgan fingerprint density at radius 3 is 2.69 bits per heavy atom. The Labute approximate surface area is 261 Å². The van der Waals surface area contributed by atoms with Gasteiger partial charge in [0.2, 0.25) is 0 Å². The first-order chi connectivity index (χ1) is 16.9. The maximum Gasteiger partial charge on any atom is 1.00 e. The summed E-state index contributed by atoms with van der Waals surface area (Å²) in [4.78, 5) is 23.6. The summed E-state index contributed by atoms with van der Waals surface area (Å²) in [6.45, 7) is 3.10. The molecule has 0 unspecified atom stereocenters. The first-order valence-electron chi connectivity index (χ1n) is 10.7. The van der Waals surface area contributed by atoms with Crippen molar-refractivity contribution in [1.82, 2.24) is 26.1 Å². The molecule has 1 aliphatic rings. The van der Waals surface area contributed by atoms with E-state index in [0.717, 1.165) is 27.9 Å². The van der Waals surface area contributed by atoms with E-state index in [0.29, 0.717) is 23.7 Å². The van der Waals surface area contributed by atoms with Crippen molar-refractivity contribution in [1.29, 1.82) is 0 Å². The van der Waals surface area contributed by atoms with Gasteiger partial charge in [0.1, 0.15) is 18.6 Å². The monoisotopic (exact) mass is 555 g/mol. The summed E-state index contributed by atoms with van der Waals surface area (Å²) in [6, 6.07) is 9.15. The first-order valence-corrected chi connectivity index (χ1v) is 11.9. The molecule has 0 bridgehead atoms. The van der Waals surface area contributed by atoms with E-state index in [1.807, 2.05) is 26.1 Å². The molecule has 5 N–H and O–H groups in total. The summed E-state index contributed by atoms with van der Waals surface area (Å²) in [5.74, 6) is 0.314. The number of thiophene rings is 1. The minimum absolute atomic E-state index is 0. The first kappa shape index (κ1) is 30.5. The Balaban J connectivity index is 0.000000265. The molecule has 0 saturated carbocycles. The summed E-state index contributed by atoms with van der Waals surface area (Å²) in [7, 11) is 3.46. The molecule has 0 saturated heterocycles. The van der Waals surface area contributed by atoms with E-state index in [1.165, 1.54) is 11.9 Å². The standard InChI is InChI=1S/C14H16ClN3O3.C9H12N4S.K/c1-16-14-12(13(20)17-6-7-19)18-11(8-21-14)9-2-4-10(15)5-3-9;1-5-8-7(9(10)13-12-5)3-6(14-8)4-11-2;/h2-5,7,11,18H,6,8H2,1H3,(H2,16,17,20);3,11H,4H2,1-2H3,(H2,10,13);/q;;+1/p-1/t11-;;/m0../s1. The van der Waals surface area contributed by atoms with Gasteiger partial charge in [-0.1, -0.05) is 23.7 Å². The minimum atomic E-state index is -0.429. The van der Waals surface area contributed by atoms with Crippen LogP contribution in [0.15, 0.2) is 41.9 Å². The van der Waals surface area contributed by atoms with E-state index in [-0.39, 0.29) is 75.6 Å². The summed E-state index contributed by atoms with van der Waals surface area (Å²) in [5, 5.41) is 22.1. The van der Waals surface area contributed by atoms with Gasteiger partial charge in [-0.15, -0.1) is 23.5 Å². The number of hydrogen-bond donors (Lipinski definition) is 4. The number of anilines is 1. The molecule has 0 spiro atoms. The molecular weight excluding hydrogens is 529 g/mol. The third-order valence-corrected chi connectivity index (χ3v) is 6.51. The van der Waals surface area contributed by atoms with Crippen molar-refractivity contribution in [3.8, 4) is 0 Å². The molecule has 2 aromatic heterocycles. The number of ether oxygens (including phenoxy) is 1.